The number of hydrogen-bond donors (Lipinski definition) is 2. The average Bonchev–Trinajstić information content (AvgIpc) is 2.39. The van der Waals surface area contributed by atoms with Crippen molar-refractivity contribution in [2.24, 2.45) is 11.8 Å². The maximum Gasteiger partial charge on any atom is 0.0490 e. The third kappa shape index (κ3) is 4.05. The van der Waals surface area contributed by atoms with Gasteiger partial charge in [-0.2, -0.15) is 0 Å². The monoisotopic (exact) mass is 262 g/mol. The maximum absolute atomic E-state index is 5.86. The molecule has 2 atom stereocenters. The summed E-state index contributed by atoms with van der Waals surface area (Å²) in [6.07, 6.45) is 4.94. The molecule has 0 heterocycles. The van der Waals surface area contributed by atoms with Crippen molar-refractivity contribution < 1.29 is 0 Å². The van der Waals surface area contributed by atoms with Crippen molar-refractivity contribution in [2.75, 3.05) is 0 Å². The molecule has 1 rings (SSSR count). The van der Waals surface area contributed by atoms with Gasteiger partial charge in [-0.25, -0.2) is 0 Å². The van der Waals surface area contributed by atoms with Gasteiger partial charge in [0, 0.05) is 6.04 Å². The Hall–Kier alpha value is -0.860. The summed E-state index contributed by atoms with van der Waals surface area (Å²) in [4.78, 5) is 0. The van der Waals surface area contributed by atoms with Crippen LogP contribution in [-0.2, 0) is 0 Å². The number of benzene rings is 1. The van der Waals surface area contributed by atoms with Gasteiger partial charge in [-0.05, 0) is 55.4 Å². The molecule has 0 aliphatic carbocycles. The van der Waals surface area contributed by atoms with Crippen molar-refractivity contribution in [1.82, 2.24) is 5.43 Å². The summed E-state index contributed by atoms with van der Waals surface area (Å²) < 4.78 is 0. The van der Waals surface area contributed by atoms with Crippen molar-refractivity contribution in [3.63, 3.8) is 0 Å². The first-order valence-electron chi connectivity index (χ1n) is 7.58. The van der Waals surface area contributed by atoms with E-state index in [1.165, 1.54) is 47.9 Å². The largest absolute Gasteiger partial charge is 0.271 e. The molecule has 19 heavy (non-hydrogen) atoms. The summed E-state index contributed by atoms with van der Waals surface area (Å²) in [5.41, 5.74) is 8.50. The van der Waals surface area contributed by atoms with Gasteiger partial charge >= 0.3 is 0 Å². The lowest BCUT2D eigenvalue weighted by Crippen LogP contribution is -2.34. The summed E-state index contributed by atoms with van der Waals surface area (Å²) in [6, 6.07) is 4.86. The van der Waals surface area contributed by atoms with Crippen molar-refractivity contribution >= 4 is 0 Å². The molecule has 2 heteroatoms. The van der Waals surface area contributed by atoms with Crippen LogP contribution in [0.4, 0.5) is 0 Å². The Balaban J connectivity index is 3.04. The highest BCUT2D eigenvalue weighted by molar-refractivity contribution is 5.38. The lowest BCUT2D eigenvalue weighted by atomic mass is 9.84. The molecule has 0 spiro atoms. The Morgan fingerprint density at radius 2 is 1.68 bits per heavy atom. The van der Waals surface area contributed by atoms with Crippen LogP contribution in [0.2, 0.25) is 0 Å². The van der Waals surface area contributed by atoms with Gasteiger partial charge in [0.25, 0.3) is 0 Å². The predicted octanol–water partition coefficient (Wildman–Crippen LogP) is 4.33. The van der Waals surface area contributed by atoms with Crippen LogP contribution in [-0.4, -0.2) is 0 Å². The highest BCUT2D eigenvalue weighted by atomic mass is 15.2. The highest BCUT2D eigenvalue weighted by Gasteiger charge is 2.22. The summed E-state index contributed by atoms with van der Waals surface area (Å²) in [5.74, 6) is 6.48. The van der Waals surface area contributed by atoms with Crippen LogP contribution in [0.25, 0.3) is 0 Å². The molecule has 3 N–H and O–H groups in total. The molecule has 2 nitrogen and oxygen atoms in total. The summed E-state index contributed by atoms with van der Waals surface area (Å²) >= 11 is 0. The Bertz CT molecular complexity index is 398. The van der Waals surface area contributed by atoms with Gasteiger partial charge in [0.15, 0.2) is 0 Å². The van der Waals surface area contributed by atoms with Crippen LogP contribution in [0.1, 0.15) is 67.8 Å². The summed E-state index contributed by atoms with van der Waals surface area (Å²) in [6.45, 7) is 11.1. The first kappa shape index (κ1) is 16.2. The number of aryl methyl sites for hydroxylation is 3. The minimum atomic E-state index is 0.274. The highest BCUT2D eigenvalue weighted by Crippen LogP contribution is 2.31. The van der Waals surface area contributed by atoms with Crippen molar-refractivity contribution in [2.45, 2.75) is 66.3 Å². The van der Waals surface area contributed by atoms with Crippen molar-refractivity contribution in [1.29, 1.82) is 0 Å². The number of rotatable bonds is 7. The van der Waals surface area contributed by atoms with Gasteiger partial charge < -0.3 is 0 Å². The molecule has 0 aliphatic heterocycles. The topological polar surface area (TPSA) is 38.0 Å². The fraction of sp³-hybridized carbons (Fsp3) is 0.647. The van der Waals surface area contributed by atoms with Gasteiger partial charge in [-0.3, -0.25) is 11.3 Å². The first-order valence-corrected chi connectivity index (χ1v) is 7.58. The molecule has 0 aromatic heterocycles. The van der Waals surface area contributed by atoms with E-state index in [1.54, 1.807) is 0 Å². The number of hydrazine groups is 1. The molecular weight excluding hydrogens is 232 g/mol. The second-order valence-electron chi connectivity index (χ2n) is 5.75. The van der Waals surface area contributed by atoms with Gasteiger partial charge in [0.2, 0.25) is 0 Å². The third-order valence-electron chi connectivity index (χ3n) is 4.32. The smallest absolute Gasteiger partial charge is 0.0490 e. The second kappa shape index (κ2) is 7.66. The molecule has 0 radical (unpaired) electrons. The van der Waals surface area contributed by atoms with Crippen LogP contribution in [0.3, 0.4) is 0 Å². The van der Waals surface area contributed by atoms with Gasteiger partial charge in [0.05, 0.1) is 0 Å². The number of nitrogens with one attached hydrogen (secondary N) is 1. The molecule has 0 fully saturated rings. The first-order chi connectivity index (χ1) is 9.04. The third-order valence-corrected chi connectivity index (χ3v) is 4.32. The van der Waals surface area contributed by atoms with Gasteiger partial charge in [0.1, 0.15) is 0 Å². The zero-order valence-electron chi connectivity index (χ0n) is 13.2. The molecular formula is C17H30N2. The van der Waals surface area contributed by atoms with E-state index in [0.29, 0.717) is 5.92 Å². The fourth-order valence-corrected chi connectivity index (χ4v) is 2.87. The van der Waals surface area contributed by atoms with Crippen LogP contribution in [0.15, 0.2) is 12.1 Å². The summed E-state index contributed by atoms with van der Waals surface area (Å²) in [7, 11) is 0. The standard InChI is InChI=1S/C17H30N2/c1-6-8-9-15(7-2)17(19-18)16-11-13(4)12(3)10-14(16)5/h10-11,15,17,19H,6-9,18H2,1-5H3. The van der Waals surface area contributed by atoms with E-state index in [0.717, 1.165) is 0 Å². The SMILES string of the molecule is CCCCC(CC)C(NN)c1cc(C)c(C)cc1C. The average molecular weight is 262 g/mol. The van der Waals surface area contributed by atoms with Gasteiger partial charge in [-0.15, -0.1) is 0 Å². The predicted molar refractivity (Wildman–Crippen MR) is 84.0 cm³/mol. The number of hydrogen-bond acceptors (Lipinski definition) is 2. The Morgan fingerprint density at radius 1 is 1.05 bits per heavy atom. The van der Waals surface area contributed by atoms with Gasteiger partial charge in [-0.1, -0.05) is 45.2 Å². The van der Waals surface area contributed by atoms with Crippen molar-refractivity contribution in [3.05, 3.63) is 34.4 Å². The lowest BCUT2D eigenvalue weighted by molar-refractivity contribution is 0.326. The van der Waals surface area contributed by atoms with E-state index in [-0.39, 0.29) is 6.04 Å². The lowest BCUT2D eigenvalue weighted by Gasteiger charge is -2.28. The van der Waals surface area contributed by atoms with E-state index >= 15 is 0 Å². The summed E-state index contributed by atoms with van der Waals surface area (Å²) in [5, 5.41) is 0. The molecule has 1 aromatic carbocycles. The van der Waals surface area contributed by atoms with Crippen LogP contribution < -0.4 is 11.3 Å². The minimum absolute atomic E-state index is 0.274. The molecule has 0 saturated heterocycles. The second-order valence-corrected chi connectivity index (χ2v) is 5.75. The van der Waals surface area contributed by atoms with Crippen LogP contribution >= 0.6 is 0 Å². The zero-order valence-corrected chi connectivity index (χ0v) is 13.2. The van der Waals surface area contributed by atoms with E-state index in [2.05, 4.69) is 52.2 Å². The minimum Gasteiger partial charge on any atom is -0.271 e. The van der Waals surface area contributed by atoms with Crippen LogP contribution in [0.5, 0.6) is 0 Å². The zero-order chi connectivity index (χ0) is 14.4. The van der Waals surface area contributed by atoms with Crippen molar-refractivity contribution in [3.8, 4) is 0 Å². The maximum atomic E-state index is 5.86. The van der Waals surface area contributed by atoms with E-state index < -0.39 is 0 Å². The Labute approximate surface area is 118 Å². The molecule has 0 aliphatic rings. The number of unbranched alkanes of at least 4 members (excludes halogenated alkanes) is 1. The fourth-order valence-electron chi connectivity index (χ4n) is 2.87. The molecule has 1 aromatic rings. The molecule has 0 amide bonds. The quantitative estimate of drug-likeness (QED) is 0.567. The van der Waals surface area contributed by atoms with E-state index in [1.807, 2.05) is 0 Å². The molecule has 2 unspecified atom stereocenters. The van der Waals surface area contributed by atoms with E-state index in [9.17, 15) is 0 Å². The molecule has 0 saturated carbocycles. The Kier molecular flexibility index (Phi) is 6.53. The number of nitrogens with two attached hydrogens (primary N) is 1. The molecule has 0 bridgehead atoms. The normalized spacial score (nSPS) is 14.4. The van der Waals surface area contributed by atoms with E-state index in [4.69, 9.17) is 5.84 Å². The van der Waals surface area contributed by atoms with Crippen LogP contribution in [0, 0.1) is 26.7 Å². The molecule has 108 valence electrons. The Morgan fingerprint density at radius 3 is 2.21 bits per heavy atom.